The zero-order valence-electron chi connectivity index (χ0n) is 30.0. The number of rotatable bonds is 23. The van der Waals surface area contributed by atoms with Crippen LogP contribution in [0.1, 0.15) is 33.6 Å². The van der Waals surface area contributed by atoms with Gasteiger partial charge in [0.25, 0.3) is 0 Å². The number of carbonyl (C=O) groups excluding carboxylic acids is 2. The lowest BCUT2D eigenvalue weighted by molar-refractivity contribution is -0.156. The Morgan fingerprint density at radius 3 is 1.30 bits per heavy atom. The number of carbonyl (C=O) groups is 5. The molecule has 1 rings (SSSR count). The lowest BCUT2D eigenvalue weighted by Gasteiger charge is -2.28. The summed E-state index contributed by atoms with van der Waals surface area (Å²) < 4.78 is 27.0. The molecule has 4 N–H and O–H groups in total. The van der Waals surface area contributed by atoms with Gasteiger partial charge in [-0.15, -0.1) is 0 Å². The van der Waals surface area contributed by atoms with Crippen molar-refractivity contribution in [1.29, 1.82) is 0 Å². The molecule has 290 valence electrons. The number of nitrogens with one attached hydrogen (secondary N) is 1. The van der Waals surface area contributed by atoms with Crippen LogP contribution in [0.4, 0.5) is 0 Å². The summed E-state index contributed by atoms with van der Waals surface area (Å²) >= 11 is 0. The molecule has 1 heterocycles. The van der Waals surface area contributed by atoms with Crippen LogP contribution in [0.2, 0.25) is 0 Å². The topological polar surface area (TPSA) is 217 Å². The van der Waals surface area contributed by atoms with Crippen LogP contribution in [-0.4, -0.2) is 208 Å². The van der Waals surface area contributed by atoms with E-state index in [4.69, 9.17) is 23.7 Å². The maximum atomic E-state index is 12.7. The summed E-state index contributed by atoms with van der Waals surface area (Å²) in [5.41, 5.74) is -0.512. The maximum absolute atomic E-state index is 12.7. The van der Waals surface area contributed by atoms with E-state index in [1.54, 1.807) is 14.7 Å². The lowest BCUT2D eigenvalue weighted by atomic mass is 10.2. The molecule has 18 heteroatoms. The SMILES string of the molecule is CC(C)(C)OC(=O)CCOCCOCCOCCOCCNC(=O)CN1CCCN(CC(=O)O)CCN(CC(=O)O)CCN(CC(=O)O)CC1. The largest absolute Gasteiger partial charge is 0.480 e. The first-order valence-electron chi connectivity index (χ1n) is 17.1. The Balaban J connectivity index is 2.33. The second kappa shape index (κ2) is 26.8. The number of carboxylic acid groups (broad SMARTS) is 3. The van der Waals surface area contributed by atoms with Crippen molar-refractivity contribution in [1.82, 2.24) is 24.9 Å². The van der Waals surface area contributed by atoms with Gasteiger partial charge in [-0.05, 0) is 33.7 Å². The smallest absolute Gasteiger partial charge is 0.317 e. The molecule has 1 aliphatic heterocycles. The van der Waals surface area contributed by atoms with Crippen LogP contribution in [0.5, 0.6) is 0 Å². The molecule has 0 atom stereocenters. The quantitative estimate of drug-likeness (QED) is 0.0717. The molecule has 0 aliphatic carbocycles. The highest BCUT2D eigenvalue weighted by Gasteiger charge is 2.20. The van der Waals surface area contributed by atoms with Gasteiger partial charge in [-0.2, -0.15) is 0 Å². The van der Waals surface area contributed by atoms with Gasteiger partial charge in [0.05, 0.1) is 85.5 Å². The molecule has 0 unspecified atom stereocenters. The second-order valence-electron chi connectivity index (χ2n) is 12.8. The van der Waals surface area contributed by atoms with Gasteiger partial charge in [-0.1, -0.05) is 0 Å². The van der Waals surface area contributed by atoms with Gasteiger partial charge in [0.1, 0.15) is 5.60 Å². The molecule has 0 aromatic rings. The molecule has 0 aromatic heterocycles. The second-order valence-corrected chi connectivity index (χ2v) is 12.8. The molecule has 0 aromatic carbocycles. The minimum Gasteiger partial charge on any atom is -0.480 e. The first-order chi connectivity index (χ1) is 23.7. The molecule has 0 bridgehead atoms. The highest BCUT2D eigenvalue weighted by atomic mass is 16.6. The summed E-state index contributed by atoms with van der Waals surface area (Å²) in [6.45, 7) is 10.9. The molecular weight excluding hydrogens is 662 g/mol. The van der Waals surface area contributed by atoms with Crippen LogP contribution in [-0.2, 0) is 47.7 Å². The van der Waals surface area contributed by atoms with E-state index >= 15 is 0 Å². The van der Waals surface area contributed by atoms with Crippen molar-refractivity contribution in [3.63, 3.8) is 0 Å². The molecule has 1 amide bonds. The van der Waals surface area contributed by atoms with Crippen molar-refractivity contribution >= 4 is 29.8 Å². The Bertz CT molecular complexity index is 998. The van der Waals surface area contributed by atoms with Crippen LogP contribution in [0, 0.1) is 0 Å². The van der Waals surface area contributed by atoms with Gasteiger partial charge in [-0.25, -0.2) is 0 Å². The van der Waals surface area contributed by atoms with Crippen LogP contribution in [0.25, 0.3) is 0 Å². The standard InChI is InChI=1S/C32H59N5O13/c1-32(2,3)50-31(45)5-15-46-17-19-48-21-22-49-20-18-47-16-6-33-27(38)23-34-7-4-8-35(24-28(39)40)10-12-37(26-30(43)44)14-13-36(11-9-34)25-29(41)42/h4-26H2,1-3H3,(H,33,38)(H,39,40)(H,41,42)(H,43,44). The molecule has 1 fully saturated rings. The Hall–Kier alpha value is -2.97. The van der Waals surface area contributed by atoms with Gasteiger partial charge in [0.2, 0.25) is 5.91 Å². The number of aliphatic carboxylic acids is 3. The number of carboxylic acids is 3. The van der Waals surface area contributed by atoms with Gasteiger partial charge in [0, 0.05) is 52.4 Å². The number of nitrogens with zero attached hydrogens (tertiary/aromatic N) is 4. The van der Waals surface area contributed by atoms with E-state index in [1.807, 2.05) is 25.7 Å². The predicted octanol–water partition coefficient (Wildman–Crippen LogP) is -1.23. The summed E-state index contributed by atoms with van der Waals surface area (Å²) in [4.78, 5) is 65.7. The van der Waals surface area contributed by atoms with Crippen molar-refractivity contribution in [3.05, 3.63) is 0 Å². The summed E-state index contributed by atoms with van der Waals surface area (Å²) in [5, 5.41) is 30.9. The predicted molar refractivity (Wildman–Crippen MR) is 180 cm³/mol. The van der Waals surface area contributed by atoms with E-state index in [2.05, 4.69) is 5.32 Å². The van der Waals surface area contributed by atoms with Crippen LogP contribution in [0.3, 0.4) is 0 Å². The average Bonchev–Trinajstić information content (AvgIpc) is 3.01. The minimum absolute atomic E-state index is 0.0723. The minimum atomic E-state index is -1.02. The molecule has 0 radical (unpaired) electrons. The van der Waals surface area contributed by atoms with Gasteiger partial charge < -0.3 is 44.3 Å². The molecule has 18 nitrogen and oxygen atoms in total. The highest BCUT2D eigenvalue weighted by Crippen LogP contribution is 2.08. The third-order valence-corrected chi connectivity index (χ3v) is 7.15. The van der Waals surface area contributed by atoms with E-state index in [0.717, 1.165) is 0 Å². The number of ether oxygens (including phenoxy) is 5. The first kappa shape index (κ1) is 45.1. The molecule has 50 heavy (non-hydrogen) atoms. The molecule has 0 saturated carbocycles. The van der Waals surface area contributed by atoms with E-state index in [1.165, 1.54) is 0 Å². The fourth-order valence-electron chi connectivity index (χ4n) is 4.85. The molecule has 1 aliphatic rings. The van der Waals surface area contributed by atoms with Crippen molar-refractivity contribution < 1.29 is 63.0 Å². The highest BCUT2D eigenvalue weighted by molar-refractivity contribution is 5.78. The number of esters is 1. The summed E-state index contributed by atoms with van der Waals surface area (Å²) in [6.07, 6.45) is 0.753. The summed E-state index contributed by atoms with van der Waals surface area (Å²) in [7, 11) is 0. The molecule has 1 saturated heterocycles. The maximum Gasteiger partial charge on any atom is 0.317 e. The van der Waals surface area contributed by atoms with Crippen LogP contribution in [0.15, 0.2) is 0 Å². The monoisotopic (exact) mass is 721 g/mol. The molecular formula is C32H59N5O13. The fraction of sp³-hybridized carbons (Fsp3) is 0.844. The first-order valence-corrected chi connectivity index (χ1v) is 17.1. The number of hydrogen-bond acceptors (Lipinski definition) is 14. The van der Waals surface area contributed by atoms with Gasteiger partial charge >= 0.3 is 23.9 Å². The normalized spacial score (nSPS) is 16.5. The average molecular weight is 722 g/mol. The van der Waals surface area contributed by atoms with Gasteiger partial charge in [0.15, 0.2) is 0 Å². The Labute approximate surface area is 294 Å². The number of hydrogen-bond donors (Lipinski definition) is 4. The lowest BCUT2D eigenvalue weighted by Crippen LogP contribution is -2.45. The van der Waals surface area contributed by atoms with E-state index in [-0.39, 0.29) is 57.7 Å². The van der Waals surface area contributed by atoms with Crippen LogP contribution >= 0.6 is 0 Å². The Kier molecular flexibility index (Phi) is 24.1. The van der Waals surface area contributed by atoms with Crippen molar-refractivity contribution in [2.45, 2.75) is 39.2 Å². The Morgan fingerprint density at radius 1 is 0.540 bits per heavy atom. The van der Waals surface area contributed by atoms with Crippen molar-refractivity contribution in [3.8, 4) is 0 Å². The Morgan fingerprint density at radius 2 is 0.900 bits per heavy atom. The summed E-state index contributed by atoms with van der Waals surface area (Å²) in [6, 6.07) is 0. The molecule has 0 spiro atoms. The van der Waals surface area contributed by atoms with E-state index in [0.29, 0.717) is 105 Å². The van der Waals surface area contributed by atoms with Crippen molar-refractivity contribution in [2.75, 3.05) is 138 Å². The third-order valence-electron chi connectivity index (χ3n) is 7.15. The fourth-order valence-corrected chi connectivity index (χ4v) is 4.85. The van der Waals surface area contributed by atoms with E-state index < -0.39 is 23.5 Å². The third kappa shape index (κ3) is 26.8. The summed E-state index contributed by atoms with van der Waals surface area (Å²) in [5.74, 6) is -3.54. The zero-order valence-corrected chi connectivity index (χ0v) is 30.0. The van der Waals surface area contributed by atoms with Crippen molar-refractivity contribution in [2.24, 2.45) is 0 Å². The van der Waals surface area contributed by atoms with Gasteiger partial charge in [-0.3, -0.25) is 43.6 Å². The van der Waals surface area contributed by atoms with Crippen LogP contribution < -0.4 is 5.32 Å². The zero-order chi connectivity index (χ0) is 37.2. The van der Waals surface area contributed by atoms with E-state index in [9.17, 15) is 39.3 Å². The number of amides is 1.